The summed E-state index contributed by atoms with van der Waals surface area (Å²) >= 11 is 3.42. The van der Waals surface area contributed by atoms with Crippen LogP contribution in [0.5, 0.6) is 0 Å². The highest BCUT2D eigenvalue weighted by Crippen LogP contribution is 2.20. The lowest BCUT2D eigenvalue weighted by molar-refractivity contribution is 0.0962. The van der Waals surface area contributed by atoms with Gasteiger partial charge in [-0.3, -0.25) is 4.79 Å². The molecule has 1 aromatic rings. The van der Waals surface area contributed by atoms with E-state index < -0.39 is 0 Å². The number of benzene rings is 1. The van der Waals surface area contributed by atoms with Crippen LogP contribution in [-0.2, 0) is 4.74 Å². The Kier molecular flexibility index (Phi) is 4.99. The van der Waals surface area contributed by atoms with E-state index in [4.69, 9.17) is 4.74 Å². The van der Waals surface area contributed by atoms with Gasteiger partial charge in [-0.25, -0.2) is 0 Å². The van der Waals surface area contributed by atoms with Gasteiger partial charge in [-0.15, -0.1) is 0 Å². The van der Waals surface area contributed by atoms with Crippen molar-refractivity contribution in [3.63, 3.8) is 0 Å². The number of ether oxygens (including phenoxy) is 1. The summed E-state index contributed by atoms with van der Waals surface area (Å²) in [6.07, 6.45) is 1.33. The molecule has 0 aliphatic rings. The Morgan fingerprint density at radius 2 is 2.20 bits per heavy atom. The van der Waals surface area contributed by atoms with Gasteiger partial charge in [-0.05, 0) is 25.0 Å². The fourth-order valence-corrected chi connectivity index (χ4v) is 1.79. The number of ketones is 1. The van der Waals surface area contributed by atoms with Crippen molar-refractivity contribution in [2.75, 3.05) is 13.7 Å². The SMILES string of the molecule is COCCCC(=O)c1cccc(Br)c1C. The lowest BCUT2D eigenvalue weighted by Gasteiger charge is -2.06. The Morgan fingerprint density at radius 1 is 1.47 bits per heavy atom. The maximum absolute atomic E-state index is 11.8. The molecule has 2 nitrogen and oxygen atoms in total. The van der Waals surface area contributed by atoms with Crippen LogP contribution >= 0.6 is 15.9 Å². The molecule has 0 spiro atoms. The third-order valence-corrected chi connectivity index (χ3v) is 3.18. The molecule has 15 heavy (non-hydrogen) atoms. The molecule has 0 heterocycles. The molecule has 0 atom stereocenters. The maximum atomic E-state index is 11.8. The standard InChI is InChI=1S/C12H15BrO2/c1-9-10(5-3-6-11(9)13)12(14)7-4-8-15-2/h3,5-6H,4,7-8H2,1-2H3. The molecule has 0 unspecified atom stereocenters. The van der Waals surface area contributed by atoms with Gasteiger partial charge >= 0.3 is 0 Å². The molecule has 1 aromatic carbocycles. The van der Waals surface area contributed by atoms with Gasteiger partial charge in [0.15, 0.2) is 5.78 Å². The van der Waals surface area contributed by atoms with Crippen LogP contribution in [0.4, 0.5) is 0 Å². The summed E-state index contributed by atoms with van der Waals surface area (Å²) in [4.78, 5) is 11.8. The zero-order valence-corrected chi connectivity index (χ0v) is 10.6. The van der Waals surface area contributed by atoms with Crippen molar-refractivity contribution in [3.05, 3.63) is 33.8 Å². The first-order chi connectivity index (χ1) is 7.16. The van der Waals surface area contributed by atoms with Crippen LogP contribution in [0.15, 0.2) is 22.7 Å². The molecule has 0 aromatic heterocycles. The predicted octanol–water partition coefficient (Wildman–Crippen LogP) is 3.37. The highest BCUT2D eigenvalue weighted by Gasteiger charge is 2.09. The smallest absolute Gasteiger partial charge is 0.163 e. The molecular formula is C12H15BrO2. The van der Waals surface area contributed by atoms with E-state index in [1.54, 1.807) is 7.11 Å². The molecule has 3 heteroatoms. The average molecular weight is 271 g/mol. The summed E-state index contributed by atoms with van der Waals surface area (Å²) in [5.41, 5.74) is 1.82. The van der Waals surface area contributed by atoms with Crippen LogP contribution < -0.4 is 0 Å². The molecule has 0 amide bonds. The minimum absolute atomic E-state index is 0.186. The summed E-state index contributed by atoms with van der Waals surface area (Å²) in [7, 11) is 1.65. The monoisotopic (exact) mass is 270 g/mol. The van der Waals surface area contributed by atoms with Gasteiger partial charge in [0, 0.05) is 30.2 Å². The summed E-state index contributed by atoms with van der Waals surface area (Å²) in [6.45, 7) is 2.59. The lowest BCUT2D eigenvalue weighted by Crippen LogP contribution is -2.03. The Balaban J connectivity index is 2.69. The Morgan fingerprint density at radius 3 is 2.87 bits per heavy atom. The molecule has 0 bridgehead atoms. The molecular weight excluding hydrogens is 256 g/mol. The number of Topliss-reactive ketones (excluding diaryl/α,β-unsaturated/α-hetero) is 1. The Hall–Kier alpha value is -0.670. The van der Waals surface area contributed by atoms with Crippen LogP contribution in [0, 0.1) is 6.92 Å². The summed E-state index contributed by atoms with van der Waals surface area (Å²) in [5, 5.41) is 0. The predicted molar refractivity (Wildman–Crippen MR) is 64.3 cm³/mol. The number of hydrogen-bond donors (Lipinski definition) is 0. The van der Waals surface area contributed by atoms with E-state index >= 15 is 0 Å². The minimum Gasteiger partial charge on any atom is -0.385 e. The van der Waals surface area contributed by atoms with E-state index in [0.717, 1.165) is 22.0 Å². The molecule has 0 saturated carbocycles. The van der Waals surface area contributed by atoms with Crippen molar-refractivity contribution in [2.45, 2.75) is 19.8 Å². The maximum Gasteiger partial charge on any atom is 0.163 e. The zero-order chi connectivity index (χ0) is 11.3. The Bertz CT molecular complexity index is 347. The quantitative estimate of drug-likeness (QED) is 0.606. The molecule has 1 rings (SSSR count). The van der Waals surface area contributed by atoms with Gasteiger partial charge in [0.2, 0.25) is 0 Å². The lowest BCUT2D eigenvalue weighted by atomic mass is 10.0. The van der Waals surface area contributed by atoms with E-state index in [9.17, 15) is 4.79 Å². The van der Waals surface area contributed by atoms with E-state index in [1.165, 1.54) is 0 Å². The second kappa shape index (κ2) is 6.03. The zero-order valence-electron chi connectivity index (χ0n) is 9.05. The first kappa shape index (κ1) is 12.4. The van der Waals surface area contributed by atoms with Crippen molar-refractivity contribution < 1.29 is 9.53 Å². The van der Waals surface area contributed by atoms with Crippen LogP contribution in [0.3, 0.4) is 0 Å². The minimum atomic E-state index is 0.186. The summed E-state index contributed by atoms with van der Waals surface area (Å²) in [6, 6.07) is 5.71. The number of rotatable bonds is 5. The molecule has 82 valence electrons. The molecule has 0 fully saturated rings. The highest BCUT2D eigenvalue weighted by atomic mass is 79.9. The van der Waals surface area contributed by atoms with Gasteiger partial charge in [0.25, 0.3) is 0 Å². The normalized spacial score (nSPS) is 10.3. The second-order valence-electron chi connectivity index (χ2n) is 3.43. The number of halogens is 1. The molecule has 0 aliphatic heterocycles. The molecule has 0 saturated heterocycles. The van der Waals surface area contributed by atoms with Crippen LogP contribution in [-0.4, -0.2) is 19.5 Å². The van der Waals surface area contributed by atoms with Gasteiger partial charge < -0.3 is 4.74 Å². The third kappa shape index (κ3) is 3.43. The fraction of sp³-hybridized carbons (Fsp3) is 0.417. The van der Waals surface area contributed by atoms with E-state index in [1.807, 2.05) is 25.1 Å². The Labute approximate surface area is 98.8 Å². The van der Waals surface area contributed by atoms with Crippen molar-refractivity contribution in [3.8, 4) is 0 Å². The van der Waals surface area contributed by atoms with Gasteiger partial charge in [0.1, 0.15) is 0 Å². The van der Waals surface area contributed by atoms with E-state index in [2.05, 4.69) is 15.9 Å². The van der Waals surface area contributed by atoms with Gasteiger partial charge in [-0.1, -0.05) is 28.1 Å². The van der Waals surface area contributed by atoms with Crippen molar-refractivity contribution in [1.82, 2.24) is 0 Å². The first-order valence-corrected chi connectivity index (χ1v) is 5.73. The van der Waals surface area contributed by atoms with Gasteiger partial charge in [0.05, 0.1) is 0 Å². The average Bonchev–Trinajstić information content (AvgIpc) is 2.22. The van der Waals surface area contributed by atoms with E-state index in [-0.39, 0.29) is 5.78 Å². The highest BCUT2D eigenvalue weighted by molar-refractivity contribution is 9.10. The fourth-order valence-electron chi connectivity index (χ4n) is 1.42. The first-order valence-electron chi connectivity index (χ1n) is 4.94. The number of methoxy groups -OCH3 is 1. The number of carbonyl (C=O) groups is 1. The van der Waals surface area contributed by atoms with Crippen LogP contribution in [0.2, 0.25) is 0 Å². The van der Waals surface area contributed by atoms with Crippen molar-refractivity contribution in [1.29, 1.82) is 0 Å². The van der Waals surface area contributed by atoms with Gasteiger partial charge in [-0.2, -0.15) is 0 Å². The second-order valence-corrected chi connectivity index (χ2v) is 4.29. The number of hydrogen-bond acceptors (Lipinski definition) is 2. The van der Waals surface area contributed by atoms with Crippen LogP contribution in [0.25, 0.3) is 0 Å². The summed E-state index contributed by atoms with van der Waals surface area (Å²) < 4.78 is 5.91. The topological polar surface area (TPSA) is 26.3 Å². The van der Waals surface area contributed by atoms with Crippen LogP contribution in [0.1, 0.15) is 28.8 Å². The summed E-state index contributed by atoms with van der Waals surface area (Å²) in [5.74, 6) is 0.186. The number of carbonyl (C=O) groups excluding carboxylic acids is 1. The largest absolute Gasteiger partial charge is 0.385 e. The molecule has 0 N–H and O–H groups in total. The molecule has 0 aliphatic carbocycles. The third-order valence-electron chi connectivity index (χ3n) is 2.32. The van der Waals surface area contributed by atoms with Crippen molar-refractivity contribution >= 4 is 21.7 Å². The molecule has 0 radical (unpaired) electrons. The van der Waals surface area contributed by atoms with Crippen molar-refractivity contribution in [2.24, 2.45) is 0 Å². The van der Waals surface area contributed by atoms with E-state index in [0.29, 0.717) is 13.0 Å².